The van der Waals surface area contributed by atoms with E-state index in [1.165, 1.54) is 13.1 Å². The number of rotatable bonds is 6. The fourth-order valence-corrected chi connectivity index (χ4v) is 5.66. The molecule has 2 aromatic carbocycles. The summed E-state index contributed by atoms with van der Waals surface area (Å²) in [6.45, 7) is 5.52. The van der Waals surface area contributed by atoms with Gasteiger partial charge in [0.25, 0.3) is 0 Å². The third kappa shape index (κ3) is 4.54. The Bertz CT molecular complexity index is 1200. The molecule has 7 nitrogen and oxygen atoms in total. The molecule has 2 aromatic rings. The van der Waals surface area contributed by atoms with Crippen molar-refractivity contribution in [3.63, 3.8) is 0 Å². The minimum Gasteiger partial charge on any atom is -0.325 e. The monoisotopic (exact) mass is 469 g/mol. The molecule has 1 aliphatic carbocycles. The van der Waals surface area contributed by atoms with Crippen molar-refractivity contribution in [1.29, 1.82) is 0 Å². The van der Waals surface area contributed by atoms with Crippen molar-refractivity contribution in [1.82, 2.24) is 4.31 Å². The minimum atomic E-state index is -3.86. The first kappa shape index (κ1) is 23.4. The number of nitrogens with one attached hydrogen (secondary N) is 1. The zero-order chi connectivity index (χ0) is 23.9. The van der Waals surface area contributed by atoms with Gasteiger partial charge >= 0.3 is 0 Å². The molecule has 1 fully saturated rings. The van der Waals surface area contributed by atoms with E-state index in [1.54, 1.807) is 12.1 Å². The number of anilines is 2. The van der Waals surface area contributed by atoms with Gasteiger partial charge in [0.05, 0.1) is 11.4 Å². The van der Waals surface area contributed by atoms with E-state index in [9.17, 15) is 18.0 Å². The predicted octanol–water partition coefficient (Wildman–Crippen LogP) is 3.64. The van der Waals surface area contributed by atoms with Gasteiger partial charge in [-0.1, -0.05) is 18.6 Å². The van der Waals surface area contributed by atoms with Gasteiger partial charge in [-0.25, -0.2) is 8.42 Å². The fraction of sp³-hybridized carbons (Fsp3) is 0.440. The van der Waals surface area contributed by atoms with Crippen molar-refractivity contribution < 1.29 is 18.0 Å². The van der Waals surface area contributed by atoms with Crippen LogP contribution in [0.4, 0.5) is 11.4 Å². The summed E-state index contributed by atoms with van der Waals surface area (Å²) in [5.41, 5.74) is 4.24. The second kappa shape index (κ2) is 8.91. The van der Waals surface area contributed by atoms with Crippen LogP contribution in [-0.4, -0.2) is 44.2 Å². The van der Waals surface area contributed by atoms with Gasteiger partial charge in [-0.3, -0.25) is 9.59 Å². The molecule has 0 aromatic heterocycles. The van der Waals surface area contributed by atoms with Crippen LogP contribution in [0.5, 0.6) is 0 Å². The van der Waals surface area contributed by atoms with Crippen LogP contribution in [0.3, 0.4) is 0 Å². The van der Waals surface area contributed by atoms with Gasteiger partial charge in [0, 0.05) is 30.4 Å². The normalized spacial score (nSPS) is 18.2. The van der Waals surface area contributed by atoms with Gasteiger partial charge in [-0.2, -0.15) is 4.31 Å². The molecule has 0 unspecified atom stereocenters. The van der Waals surface area contributed by atoms with E-state index in [2.05, 4.69) is 5.32 Å². The summed E-state index contributed by atoms with van der Waals surface area (Å²) in [5.74, 6) is -0.173. The molecule has 2 amide bonds. The highest BCUT2D eigenvalue weighted by molar-refractivity contribution is 7.89. The van der Waals surface area contributed by atoms with Crippen LogP contribution >= 0.6 is 0 Å². The number of amides is 2. The van der Waals surface area contributed by atoms with E-state index in [4.69, 9.17) is 0 Å². The molecule has 0 spiro atoms. The number of carbonyl (C=O) groups is 2. The second-order valence-electron chi connectivity index (χ2n) is 9.31. The largest absolute Gasteiger partial charge is 0.325 e. The van der Waals surface area contributed by atoms with Gasteiger partial charge in [0.2, 0.25) is 21.8 Å². The third-order valence-electron chi connectivity index (χ3n) is 6.70. The maximum Gasteiger partial charge on any atom is 0.243 e. The summed E-state index contributed by atoms with van der Waals surface area (Å²) in [5, 5.41) is 2.80. The quantitative estimate of drug-likeness (QED) is 0.700. The van der Waals surface area contributed by atoms with Crippen molar-refractivity contribution in [2.45, 2.75) is 57.4 Å². The number of likely N-dealkylation sites (N-methyl/N-ethyl adjacent to an activating group) is 1. The van der Waals surface area contributed by atoms with Gasteiger partial charge in [0.15, 0.2) is 0 Å². The predicted molar refractivity (Wildman–Crippen MR) is 129 cm³/mol. The smallest absolute Gasteiger partial charge is 0.243 e. The summed E-state index contributed by atoms with van der Waals surface area (Å²) in [7, 11) is -2.46. The SMILES string of the molecule is Cc1ccc(C)c(NC(=O)CN(C)S(=O)(=O)c2ccc3c(c2)C[C@@H](C)N3C(=O)C2CCC2)c1. The lowest BCUT2D eigenvalue weighted by Gasteiger charge is -2.32. The lowest BCUT2D eigenvalue weighted by atomic mass is 9.84. The molecular weight excluding hydrogens is 438 g/mol. The first-order valence-corrected chi connectivity index (χ1v) is 12.8. The van der Waals surface area contributed by atoms with Crippen LogP contribution in [0.25, 0.3) is 0 Å². The van der Waals surface area contributed by atoms with Crippen molar-refractivity contribution in [2.24, 2.45) is 5.92 Å². The molecule has 1 atom stereocenters. The van der Waals surface area contributed by atoms with Crippen LogP contribution in [0.1, 0.15) is 42.9 Å². The number of nitrogens with zero attached hydrogens (tertiary/aromatic N) is 2. The first-order valence-electron chi connectivity index (χ1n) is 11.4. The topological polar surface area (TPSA) is 86.8 Å². The molecular formula is C25H31N3O4S. The van der Waals surface area contributed by atoms with Crippen molar-refractivity contribution in [2.75, 3.05) is 23.8 Å². The Labute approximate surface area is 195 Å². The molecule has 4 rings (SSSR count). The summed E-state index contributed by atoms with van der Waals surface area (Å²) in [6, 6.07) is 10.6. The van der Waals surface area contributed by atoms with Gasteiger partial charge in [0.1, 0.15) is 0 Å². The molecule has 1 heterocycles. The Hall–Kier alpha value is -2.71. The van der Waals surface area contributed by atoms with Crippen LogP contribution in [0.15, 0.2) is 41.3 Å². The highest BCUT2D eigenvalue weighted by atomic mass is 32.2. The average molecular weight is 470 g/mol. The number of hydrogen-bond acceptors (Lipinski definition) is 4. The Balaban J connectivity index is 1.49. The van der Waals surface area contributed by atoms with E-state index in [-0.39, 0.29) is 29.3 Å². The minimum absolute atomic E-state index is 0.00660. The maximum atomic E-state index is 13.2. The number of sulfonamides is 1. The number of carbonyl (C=O) groups excluding carboxylic acids is 2. The van der Waals surface area contributed by atoms with Crippen LogP contribution in [0.2, 0.25) is 0 Å². The Morgan fingerprint density at radius 1 is 1.12 bits per heavy atom. The first-order chi connectivity index (χ1) is 15.6. The van der Waals surface area contributed by atoms with E-state index in [0.29, 0.717) is 12.1 Å². The third-order valence-corrected chi connectivity index (χ3v) is 8.50. The molecule has 0 bridgehead atoms. The van der Waals surface area contributed by atoms with E-state index in [0.717, 1.165) is 45.9 Å². The Morgan fingerprint density at radius 2 is 1.85 bits per heavy atom. The highest BCUT2D eigenvalue weighted by Gasteiger charge is 2.37. The van der Waals surface area contributed by atoms with Crippen molar-refractivity contribution in [3.8, 4) is 0 Å². The van der Waals surface area contributed by atoms with E-state index >= 15 is 0 Å². The lowest BCUT2D eigenvalue weighted by Crippen LogP contribution is -2.42. The van der Waals surface area contributed by atoms with Gasteiger partial charge in [-0.05, 0) is 81.0 Å². The molecule has 1 saturated carbocycles. The summed E-state index contributed by atoms with van der Waals surface area (Å²) in [6.07, 6.45) is 3.57. The lowest BCUT2D eigenvalue weighted by molar-refractivity contribution is -0.125. The fourth-order valence-electron chi connectivity index (χ4n) is 4.48. The summed E-state index contributed by atoms with van der Waals surface area (Å²) < 4.78 is 27.4. The number of fused-ring (bicyclic) bond motifs is 1. The molecule has 176 valence electrons. The van der Waals surface area contributed by atoms with Gasteiger partial charge in [-0.15, -0.1) is 0 Å². The molecule has 8 heteroatoms. The zero-order valence-corrected chi connectivity index (χ0v) is 20.4. The van der Waals surface area contributed by atoms with Crippen LogP contribution < -0.4 is 10.2 Å². The van der Waals surface area contributed by atoms with E-state index < -0.39 is 15.9 Å². The Morgan fingerprint density at radius 3 is 2.52 bits per heavy atom. The number of hydrogen-bond donors (Lipinski definition) is 1. The number of aryl methyl sites for hydroxylation is 2. The molecule has 1 N–H and O–H groups in total. The van der Waals surface area contributed by atoms with Crippen LogP contribution in [-0.2, 0) is 26.0 Å². The average Bonchev–Trinajstić information content (AvgIpc) is 3.04. The zero-order valence-electron chi connectivity index (χ0n) is 19.6. The molecule has 2 aliphatic rings. The van der Waals surface area contributed by atoms with Gasteiger partial charge < -0.3 is 10.2 Å². The Kier molecular flexibility index (Phi) is 6.33. The molecule has 0 saturated heterocycles. The molecule has 33 heavy (non-hydrogen) atoms. The molecule has 1 aliphatic heterocycles. The molecule has 0 radical (unpaired) electrons. The van der Waals surface area contributed by atoms with E-state index in [1.807, 2.05) is 43.9 Å². The summed E-state index contributed by atoms with van der Waals surface area (Å²) >= 11 is 0. The van der Waals surface area contributed by atoms with Crippen molar-refractivity contribution in [3.05, 3.63) is 53.1 Å². The van der Waals surface area contributed by atoms with Crippen molar-refractivity contribution >= 4 is 33.2 Å². The highest BCUT2D eigenvalue weighted by Crippen LogP contribution is 2.38. The maximum absolute atomic E-state index is 13.2. The number of benzene rings is 2. The second-order valence-corrected chi connectivity index (χ2v) is 11.4. The summed E-state index contributed by atoms with van der Waals surface area (Å²) in [4.78, 5) is 27.4. The van der Waals surface area contributed by atoms with Crippen LogP contribution in [0, 0.1) is 19.8 Å². The standard InChI is InChI=1S/C25H31N3O4S/c1-16-8-9-17(2)22(12-16)26-24(29)15-27(4)33(31,32)21-10-11-23-20(14-21)13-18(3)28(23)25(30)19-6-5-7-19/h8-12,14,18-19H,5-7,13,15H2,1-4H3,(H,26,29)/t18-/m1/s1.